The van der Waals surface area contributed by atoms with Gasteiger partial charge < -0.3 is 18.9 Å². The molecule has 0 spiro atoms. The van der Waals surface area contributed by atoms with Gasteiger partial charge in [-0.3, -0.25) is 4.79 Å². The Labute approximate surface area is 329 Å². The fourth-order valence-corrected chi connectivity index (χ4v) is 5.29. The Hall–Kier alpha value is -7.51. The number of esters is 3. The Morgan fingerprint density at radius 2 is 0.982 bits per heavy atom. The predicted octanol–water partition coefficient (Wildman–Crippen LogP) is 10.8. The lowest BCUT2D eigenvalue weighted by Gasteiger charge is -2.25. The van der Waals surface area contributed by atoms with Crippen molar-refractivity contribution in [3.63, 3.8) is 0 Å². The molecule has 1 atom stereocenters. The zero-order valence-corrected chi connectivity index (χ0v) is 31.5. The molecule has 0 saturated carbocycles. The highest BCUT2D eigenvalue weighted by Crippen LogP contribution is 2.30. The molecule has 1 unspecified atom stereocenters. The average Bonchev–Trinajstić information content (AvgIpc) is 3.24. The zero-order chi connectivity index (χ0) is 40.6. The second kappa shape index (κ2) is 19.7. The Kier molecular flexibility index (Phi) is 14.1. The minimum Gasteiger partial charge on any atom is -0.490 e. The Bertz CT molecular complexity index is 2190. The van der Waals surface area contributed by atoms with Gasteiger partial charge >= 0.3 is 17.9 Å². The first-order valence-electron chi connectivity index (χ1n) is 18.0. The molecule has 5 rings (SSSR count). The number of azo groups is 2. The van der Waals surface area contributed by atoms with Gasteiger partial charge in [0.1, 0.15) is 30.5 Å². The Morgan fingerprint density at radius 3 is 1.35 bits per heavy atom. The number of nitrogens with zero attached hydrogens (tertiary/aromatic N) is 6. The van der Waals surface area contributed by atoms with Gasteiger partial charge in [0.25, 0.3) is 0 Å². The second-order valence-corrected chi connectivity index (χ2v) is 12.9. The summed E-state index contributed by atoms with van der Waals surface area (Å²) in [4.78, 5) is 39.6. The SMILES string of the molecule is CCCC(C)(CC)C(=O)OCCOc1cc(C(=O)Oc2ccc(N=Nc3ccc(C#N)cc3)cc2)cc(C(=O)Oc2ccc(N=Nc3ccc(C#N)cc3)cc2)c1. The number of benzene rings is 5. The van der Waals surface area contributed by atoms with Crippen molar-refractivity contribution < 1.29 is 33.3 Å². The van der Waals surface area contributed by atoms with Crippen LogP contribution >= 0.6 is 0 Å². The molecular weight excluding hydrogens is 725 g/mol. The first kappa shape index (κ1) is 40.7. The summed E-state index contributed by atoms with van der Waals surface area (Å²) in [5.74, 6) is -1.30. The van der Waals surface area contributed by atoms with E-state index in [1.807, 2.05) is 32.9 Å². The minimum absolute atomic E-state index is 0.00101. The van der Waals surface area contributed by atoms with Crippen LogP contribution in [0.4, 0.5) is 22.7 Å². The summed E-state index contributed by atoms with van der Waals surface area (Å²) in [6, 6.07) is 34.2. The third-order valence-corrected chi connectivity index (χ3v) is 8.69. The van der Waals surface area contributed by atoms with Gasteiger partial charge in [-0.15, -0.1) is 0 Å². The summed E-state index contributed by atoms with van der Waals surface area (Å²) in [6.45, 7) is 5.74. The van der Waals surface area contributed by atoms with E-state index in [-0.39, 0.29) is 47.6 Å². The summed E-state index contributed by atoms with van der Waals surface area (Å²) in [5, 5.41) is 34.6. The second-order valence-electron chi connectivity index (χ2n) is 12.9. The van der Waals surface area contributed by atoms with Gasteiger partial charge in [0, 0.05) is 0 Å². The van der Waals surface area contributed by atoms with Crippen molar-refractivity contribution >= 4 is 40.7 Å². The predicted molar refractivity (Wildman–Crippen MR) is 210 cm³/mol. The molecule has 286 valence electrons. The van der Waals surface area contributed by atoms with Crippen LogP contribution in [0.15, 0.2) is 136 Å². The number of hydrogen-bond donors (Lipinski definition) is 0. The first-order chi connectivity index (χ1) is 27.6. The van der Waals surface area contributed by atoms with E-state index in [0.29, 0.717) is 46.7 Å². The molecule has 0 radical (unpaired) electrons. The lowest BCUT2D eigenvalue weighted by Crippen LogP contribution is -2.30. The zero-order valence-electron chi connectivity index (χ0n) is 31.5. The molecule has 0 aromatic heterocycles. The highest BCUT2D eigenvalue weighted by atomic mass is 16.6. The van der Waals surface area contributed by atoms with Gasteiger partial charge in [-0.1, -0.05) is 20.3 Å². The normalized spacial score (nSPS) is 11.9. The van der Waals surface area contributed by atoms with E-state index in [1.165, 1.54) is 18.2 Å². The van der Waals surface area contributed by atoms with Crippen molar-refractivity contribution in [2.45, 2.75) is 40.0 Å². The molecule has 13 nitrogen and oxygen atoms in total. The molecule has 0 bridgehead atoms. The maximum Gasteiger partial charge on any atom is 0.343 e. The smallest absolute Gasteiger partial charge is 0.343 e. The van der Waals surface area contributed by atoms with Crippen LogP contribution in [0.1, 0.15) is 71.9 Å². The van der Waals surface area contributed by atoms with Crippen molar-refractivity contribution in [1.29, 1.82) is 10.5 Å². The van der Waals surface area contributed by atoms with Crippen LogP contribution in [0.5, 0.6) is 17.2 Å². The molecule has 13 heteroatoms. The lowest BCUT2D eigenvalue weighted by atomic mass is 9.83. The van der Waals surface area contributed by atoms with Crippen molar-refractivity contribution in [2.75, 3.05) is 13.2 Å². The van der Waals surface area contributed by atoms with E-state index in [0.717, 1.165) is 6.42 Å². The molecular formula is C44H38N6O7. The number of hydrogen-bond acceptors (Lipinski definition) is 13. The largest absolute Gasteiger partial charge is 0.490 e. The third-order valence-electron chi connectivity index (χ3n) is 8.69. The van der Waals surface area contributed by atoms with Crippen LogP contribution in [-0.4, -0.2) is 31.1 Å². The number of carbonyl (C=O) groups is 3. The maximum absolute atomic E-state index is 13.4. The van der Waals surface area contributed by atoms with Crippen LogP contribution in [0.25, 0.3) is 0 Å². The van der Waals surface area contributed by atoms with E-state index >= 15 is 0 Å². The van der Waals surface area contributed by atoms with E-state index in [4.69, 9.17) is 29.5 Å². The summed E-state index contributed by atoms with van der Waals surface area (Å²) in [6.07, 6.45) is 2.16. The number of ether oxygens (including phenoxy) is 4. The molecule has 0 amide bonds. The molecule has 0 aliphatic carbocycles. The van der Waals surface area contributed by atoms with Gasteiger partial charge in [-0.25, -0.2) is 9.59 Å². The van der Waals surface area contributed by atoms with Gasteiger partial charge in [-0.05, 0) is 135 Å². The summed E-state index contributed by atoms with van der Waals surface area (Å²) < 4.78 is 22.6. The first-order valence-corrected chi connectivity index (χ1v) is 18.0. The van der Waals surface area contributed by atoms with E-state index in [9.17, 15) is 14.4 Å². The highest BCUT2D eigenvalue weighted by molar-refractivity contribution is 5.97. The topological polar surface area (TPSA) is 185 Å². The molecule has 0 aliphatic rings. The molecule has 0 aliphatic heterocycles. The van der Waals surface area contributed by atoms with E-state index < -0.39 is 17.4 Å². The van der Waals surface area contributed by atoms with Crippen molar-refractivity contribution in [2.24, 2.45) is 25.9 Å². The van der Waals surface area contributed by atoms with Crippen LogP contribution in [-0.2, 0) is 9.53 Å². The monoisotopic (exact) mass is 762 g/mol. The van der Waals surface area contributed by atoms with Gasteiger partial charge in [0.2, 0.25) is 0 Å². The van der Waals surface area contributed by atoms with Crippen LogP contribution < -0.4 is 14.2 Å². The fraction of sp³-hybridized carbons (Fsp3) is 0.205. The molecule has 0 fully saturated rings. The van der Waals surface area contributed by atoms with Gasteiger partial charge in [0.05, 0.1) is 62.6 Å². The fourth-order valence-electron chi connectivity index (χ4n) is 5.29. The highest BCUT2D eigenvalue weighted by Gasteiger charge is 2.31. The number of nitriles is 2. The minimum atomic E-state index is -0.775. The molecule has 57 heavy (non-hydrogen) atoms. The van der Waals surface area contributed by atoms with Crippen molar-refractivity contribution in [3.05, 3.63) is 138 Å². The Balaban J connectivity index is 1.28. The number of rotatable bonds is 16. The third kappa shape index (κ3) is 11.7. The molecule has 5 aromatic rings. The quantitative estimate of drug-likeness (QED) is 0.0408. The van der Waals surface area contributed by atoms with E-state index in [1.54, 1.807) is 97.1 Å². The molecule has 5 aromatic carbocycles. The lowest BCUT2D eigenvalue weighted by molar-refractivity contribution is -0.156. The maximum atomic E-state index is 13.4. The summed E-state index contributed by atoms with van der Waals surface area (Å²) in [7, 11) is 0. The summed E-state index contributed by atoms with van der Waals surface area (Å²) >= 11 is 0. The van der Waals surface area contributed by atoms with Crippen molar-refractivity contribution in [3.8, 4) is 29.4 Å². The van der Waals surface area contributed by atoms with Crippen LogP contribution in [0.2, 0.25) is 0 Å². The van der Waals surface area contributed by atoms with Crippen LogP contribution in [0.3, 0.4) is 0 Å². The Morgan fingerprint density at radius 1 is 0.579 bits per heavy atom. The molecule has 0 heterocycles. The van der Waals surface area contributed by atoms with Gasteiger partial charge in [-0.2, -0.15) is 31.0 Å². The van der Waals surface area contributed by atoms with Crippen LogP contribution in [0, 0.1) is 28.1 Å². The molecule has 0 saturated heterocycles. The van der Waals surface area contributed by atoms with Gasteiger partial charge in [0.15, 0.2) is 0 Å². The molecule has 0 N–H and O–H groups in total. The standard InChI is InChI=1S/C44H38N6O7/c1-4-22-44(3,5-2)43(53)55-24-23-54-40-26-32(41(51)56-38-18-14-36(15-19-38)49-47-34-10-6-30(28-45)7-11-34)25-33(27-40)42(52)57-39-20-16-37(17-21-39)50-48-35-12-8-31(29-46)9-13-35/h6-21,25-27H,4-5,22-24H2,1-3H3. The van der Waals surface area contributed by atoms with E-state index in [2.05, 4.69) is 20.5 Å². The average molecular weight is 763 g/mol. The summed E-state index contributed by atoms with van der Waals surface area (Å²) in [5.41, 5.74) is 2.54. The van der Waals surface area contributed by atoms with Crippen molar-refractivity contribution in [1.82, 2.24) is 0 Å². The number of carbonyl (C=O) groups excluding carboxylic acids is 3.